The molecule has 0 bridgehead atoms. The lowest BCUT2D eigenvalue weighted by Gasteiger charge is -2.40. The molecule has 46 heavy (non-hydrogen) atoms. The zero-order chi connectivity index (χ0) is 32.9. The average molecular weight is 643 g/mol. The number of amides is 2. The fourth-order valence-electron chi connectivity index (χ4n) is 6.03. The normalized spacial score (nSPS) is 20.3. The fraction of sp³-hybridized carbons (Fsp3) is 0.419. The first-order valence-electron chi connectivity index (χ1n) is 14.7. The summed E-state index contributed by atoms with van der Waals surface area (Å²) in [5, 5.41) is 23.2. The van der Waals surface area contributed by atoms with Crippen LogP contribution >= 0.6 is 0 Å². The number of halogens is 2. The number of hydrogen-bond acceptors (Lipinski definition) is 9. The molecule has 2 saturated heterocycles. The molecule has 244 valence electrons. The van der Waals surface area contributed by atoms with Crippen LogP contribution in [0.3, 0.4) is 0 Å². The highest BCUT2D eigenvalue weighted by atomic mass is 19.1. The number of ether oxygens (including phenoxy) is 3. The third-order valence-electron chi connectivity index (χ3n) is 8.56. The summed E-state index contributed by atoms with van der Waals surface area (Å²) < 4.78 is 49.0. The van der Waals surface area contributed by atoms with E-state index in [4.69, 9.17) is 14.2 Å². The van der Waals surface area contributed by atoms with E-state index in [1.54, 1.807) is 16.4 Å². The van der Waals surface area contributed by atoms with E-state index >= 15 is 4.39 Å². The van der Waals surface area contributed by atoms with E-state index in [2.05, 4.69) is 5.32 Å². The number of nitrogens with zero attached hydrogens (tertiary/aromatic N) is 3. The summed E-state index contributed by atoms with van der Waals surface area (Å²) in [6, 6.07) is 4.68. The number of carboxylic acids is 1. The van der Waals surface area contributed by atoms with Gasteiger partial charge in [0, 0.05) is 32.3 Å². The van der Waals surface area contributed by atoms with Crippen molar-refractivity contribution in [3.63, 3.8) is 0 Å². The van der Waals surface area contributed by atoms with Crippen LogP contribution < -0.4 is 30.0 Å². The Labute approximate surface area is 260 Å². The van der Waals surface area contributed by atoms with Gasteiger partial charge in [-0.3, -0.25) is 14.5 Å². The quantitative estimate of drug-likeness (QED) is 0.334. The minimum absolute atomic E-state index is 0.0934. The van der Waals surface area contributed by atoms with E-state index in [0.29, 0.717) is 5.52 Å². The van der Waals surface area contributed by atoms with E-state index < -0.39 is 46.4 Å². The number of carbonyl (C=O) groups excluding carboxylic acids is 2. The maximum atomic E-state index is 15.6. The molecule has 2 amide bonds. The lowest BCUT2D eigenvalue weighted by molar-refractivity contribution is -0.119. The summed E-state index contributed by atoms with van der Waals surface area (Å²) in [5.74, 6) is -3.17. The summed E-state index contributed by atoms with van der Waals surface area (Å²) in [5.41, 5.74) is -1.97. The van der Waals surface area contributed by atoms with Crippen molar-refractivity contribution < 1.29 is 47.6 Å². The van der Waals surface area contributed by atoms with E-state index in [1.165, 1.54) is 30.2 Å². The minimum atomic E-state index is -1.40. The molecule has 0 radical (unpaired) electrons. The van der Waals surface area contributed by atoms with Crippen molar-refractivity contribution in [3.05, 3.63) is 57.9 Å². The number of nitrogens with one attached hydrogen (secondary N) is 1. The predicted octanol–water partition coefficient (Wildman–Crippen LogP) is 2.80. The van der Waals surface area contributed by atoms with Gasteiger partial charge < -0.3 is 39.2 Å². The Morgan fingerprint density at radius 2 is 1.89 bits per heavy atom. The highest BCUT2D eigenvalue weighted by molar-refractivity contribution is 5.97. The molecule has 6 rings (SSSR count). The number of piperidine rings is 1. The third-order valence-corrected chi connectivity index (χ3v) is 8.56. The number of pyridine rings is 1. The van der Waals surface area contributed by atoms with Gasteiger partial charge >= 0.3 is 12.1 Å². The second kappa shape index (κ2) is 11.8. The van der Waals surface area contributed by atoms with Crippen LogP contribution in [0.2, 0.25) is 0 Å². The van der Waals surface area contributed by atoms with Gasteiger partial charge in [-0.25, -0.2) is 18.4 Å². The Morgan fingerprint density at radius 3 is 2.57 bits per heavy atom. The van der Waals surface area contributed by atoms with Crippen LogP contribution in [0, 0.1) is 11.6 Å². The number of benzene rings is 2. The standard InChI is InChI=1S/C31H32F2N4O9/c1-16-14-44-28-25-20(27(39)21(29(40)41)13-36(16)25)10-23(33)26(28)35-7-5-31(43,6-8-35)15-45-24-4-3-18(9-22(24)32)37-12-19(46-30(37)42)11-34-17(2)38/h3-4,9-10,13,16,19,43H,5-8,11-12,14-15H2,1-2H3,(H,34,38)(H,40,41)/t16?,19-/m0/s1. The molecule has 1 unspecified atom stereocenters. The first-order valence-corrected chi connectivity index (χ1v) is 14.7. The van der Waals surface area contributed by atoms with Crippen molar-refractivity contribution in [2.24, 2.45) is 0 Å². The van der Waals surface area contributed by atoms with Crippen molar-refractivity contribution in [2.45, 2.75) is 44.4 Å². The number of rotatable bonds is 8. The number of aromatic nitrogens is 1. The summed E-state index contributed by atoms with van der Waals surface area (Å²) >= 11 is 0. The number of hydrogen-bond donors (Lipinski definition) is 3. The maximum Gasteiger partial charge on any atom is 0.414 e. The molecule has 4 heterocycles. The summed E-state index contributed by atoms with van der Waals surface area (Å²) in [7, 11) is 0. The van der Waals surface area contributed by atoms with Gasteiger partial charge in [0.2, 0.25) is 11.3 Å². The molecule has 0 aliphatic carbocycles. The van der Waals surface area contributed by atoms with Crippen LogP contribution in [0.4, 0.5) is 25.0 Å². The molecule has 2 atom stereocenters. The maximum absolute atomic E-state index is 15.6. The molecule has 3 aliphatic rings. The molecule has 0 spiro atoms. The van der Waals surface area contributed by atoms with Crippen molar-refractivity contribution >= 4 is 40.2 Å². The number of carbonyl (C=O) groups is 3. The molecule has 15 heteroatoms. The van der Waals surface area contributed by atoms with E-state index in [-0.39, 0.29) is 92.4 Å². The lowest BCUT2D eigenvalue weighted by atomic mass is 9.91. The van der Waals surface area contributed by atoms with Crippen molar-refractivity contribution in [3.8, 4) is 11.5 Å². The van der Waals surface area contributed by atoms with Crippen LogP contribution in [0.5, 0.6) is 11.5 Å². The summed E-state index contributed by atoms with van der Waals surface area (Å²) in [6.45, 7) is 3.65. The number of aliphatic hydroxyl groups is 1. The van der Waals surface area contributed by atoms with Gasteiger partial charge in [0.1, 0.15) is 36.2 Å². The summed E-state index contributed by atoms with van der Waals surface area (Å²) in [6.07, 6.45) is 0.280. The van der Waals surface area contributed by atoms with E-state index in [0.717, 1.165) is 12.1 Å². The topological polar surface area (TPSA) is 160 Å². The van der Waals surface area contributed by atoms with E-state index in [9.17, 15) is 33.8 Å². The van der Waals surface area contributed by atoms with Crippen LogP contribution in [0.1, 0.15) is 43.1 Å². The van der Waals surface area contributed by atoms with E-state index in [1.807, 2.05) is 0 Å². The predicted molar refractivity (Wildman–Crippen MR) is 160 cm³/mol. The molecule has 2 fully saturated rings. The smallest absolute Gasteiger partial charge is 0.414 e. The van der Waals surface area contributed by atoms with Crippen molar-refractivity contribution in [1.29, 1.82) is 0 Å². The largest absolute Gasteiger partial charge is 0.488 e. The van der Waals surface area contributed by atoms with Gasteiger partial charge in [0.05, 0.1) is 35.7 Å². The Morgan fingerprint density at radius 1 is 1.15 bits per heavy atom. The number of cyclic esters (lactones) is 1. The zero-order valence-electron chi connectivity index (χ0n) is 25.0. The second-order valence-electron chi connectivity index (χ2n) is 11.8. The van der Waals surface area contributed by atoms with Gasteiger partial charge in [-0.15, -0.1) is 0 Å². The third kappa shape index (κ3) is 5.66. The highest BCUT2D eigenvalue weighted by Crippen LogP contribution is 2.43. The molecule has 13 nitrogen and oxygen atoms in total. The number of anilines is 2. The number of carboxylic acid groups (broad SMARTS) is 1. The summed E-state index contributed by atoms with van der Waals surface area (Å²) in [4.78, 5) is 50.9. The van der Waals surface area contributed by atoms with Crippen molar-refractivity contribution in [1.82, 2.24) is 9.88 Å². The van der Waals surface area contributed by atoms with Gasteiger partial charge in [-0.05, 0) is 38.0 Å². The zero-order valence-corrected chi connectivity index (χ0v) is 25.0. The lowest BCUT2D eigenvalue weighted by Crippen LogP contribution is -2.48. The SMILES string of the molecule is CC(=O)NC[C@H]1CN(c2ccc(OCC3(O)CCN(c4c(F)cc5c(=O)c(C(=O)O)cn6c5c4OCC6C)CC3)c(F)c2)C(=O)O1. The van der Waals surface area contributed by atoms with Gasteiger partial charge in [0.25, 0.3) is 0 Å². The second-order valence-corrected chi connectivity index (χ2v) is 11.8. The molecule has 0 saturated carbocycles. The van der Waals surface area contributed by atoms with Crippen LogP contribution in [-0.2, 0) is 9.53 Å². The van der Waals surface area contributed by atoms with Crippen molar-refractivity contribution in [2.75, 3.05) is 49.2 Å². The van der Waals surface area contributed by atoms with Crippen LogP contribution in [-0.4, -0.2) is 83.8 Å². The minimum Gasteiger partial charge on any atom is -0.488 e. The molecular weight excluding hydrogens is 610 g/mol. The first kappa shape index (κ1) is 31.1. The molecule has 3 aliphatic heterocycles. The van der Waals surface area contributed by atoms with Gasteiger partial charge in [-0.2, -0.15) is 0 Å². The Bertz CT molecular complexity index is 1800. The number of aromatic carboxylic acids is 1. The Hall–Kier alpha value is -4.92. The average Bonchev–Trinajstić information content (AvgIpc) is 3.39. The molecule has 2 aromatic carbocycles. The van der Waals surface area contributed by atoms with Crippen LogP contribution in [0.15, 0.2) is 35.3 Å². The first-order chi connectivity index (χ1) is 21.8. The van der Waals surface area contributed by atoms with Crippen LogP contribution in [0.25, 0.3) is 10.9 Å². The van der Waals surface area contributed by atoms with Gasteiger partial charge in [0.15, 0.2) is 23.1 Å². The molecule has 3 aromatic rings. The monoisotopic (exact) mass is 642 g/mol. The molecule has 1 aromatic heterocycles. The Kier molecular flexibility index (Phi) is 7.96. The van der Waals surface area contributed by atoms with Gasteiger partial charge in [-0.1, -0.05) is 0 Å². The highest BCUT2D eigenvalue weighted by Gasteiger charge is 2.38. The molecular formula is C31H32F2N4O9. The Balaban J connectivity index is 1.14. The molecule has 3 N–H and O–H groups in total. The fourth-order valence-corrected chi connectivity index (χ4v) is 6.03.